The second-order valence-electron chi connectivity index (χ2n) is 7.03. The van der Waals surface area contributed by atoms with Gasteiger partial charge in [-0.1, -0.05) is 47.7 Å². The molecule has 4 rings (SSSR count). The molecule has 1 aliphatic heterocycles. The van der Waals surface area contributed by atoms with Gasteiger partial charge in [-0.05, 0) is 49.6 Å². The van der Waals surface area contributed by atoms with Crippen LogP contribution >= 0.6 is 23.5 Å². The minimum atomic E-state index is 0.0687. The Morgan fingerprint density at radius 3 is 2.59 bits per heavy atom. The SMILES string of the molecule is Cc1cccc(CSc2nc3c(c(=O)n2-c2cc(C)cc(C)c2)SCC3)c1. The van der Waals surface area contributed by atoms with E-state index in [9.17, 15) is 4.79 Å². The lowest BCUT2D eigenvalue weighted by Crippen LogP contribution is -2.24. The third-order valence-corrected chi connectivity index (χ3v) is 6.70. The highest BCUT2D eigenvalue weighted by Gasteiger charge is 2.22. The molecule has 27 heavy (non-hydrogen) atoms. The van der Waals surface area contributed by atoms with Crippen molar-refractivity contribution < 1.29 is 0 Å². The first-order chi connectivity index (χ1) is 13.0. The molecule has 5 heteroatoms. The number of fused-ring (bicyclic) bond motifs is 1. The van der Waals surface area contributed by atoms with E-state index in [1.54, 1.807) is 28.1 Å². The number of hydrogen-bond acceptors (Lipinski definition) is 4. The molecule has 3 aromatic rings. The molecule has 0 fully saturated rings. The summed E-state index contributed by atoms with van der Waals surface area (Å²) >= 11 is 3.27. The van der Waals surface area contributed by atoms with Crippen LogP contribution < -0.4 is 5.56 Å². The van der Waals surface area contributed by atoms with Gasteiger partial charge in [0.05, 0.1) is 16.3 Å². The zero-order chi connectivity index (χ0) is 19.0. The second-order valence-corrected chi connectivity index (χ2v) is 9.08. The maximum Gasteiger partial charge on any atom is 0.272 e. The van der Waals surface area contributed by atoms with Crippen molar-refractivity contribution in [2.24, 2.45) is 0 Å². The highest BCUT2D eigenvalue weighted by molar-refractivity contribution is 7.99. The number of rotatable bonds is 4. The summed E-state index contributed by atoms with van der Waals surface area (Å²) in [5.41, 5.74) is 6.73. The Labute approximate surface area is 168 Å². The Morgan fingerprint density at radius 2 is 1.85 bits per heavy atom. The minimum absolute atomic E-state index is 0.0687. The molecular weight excluding hydrogens is 372 g/mol. The van der Waals surface area contributed by atoms with Crippen LogP contribution in [0.4, 0.5) is 0 Å². The Bertz CT molecular complexity index is 1050. The molecule has 1 aromatic heterocycles. The zero-order valence-electron chi connectivity index (χ0n) is 15.8. The summed E-state index contributed by atoms with van der Waals surface area (Å²) in [6.45, 7) is 6.23. The van der Waals surface area contributed by atoms with Crippen molar-refractivity contribution in [2.45, 2.75) is 43.0 Å². The van der Waals surface area contributed by atoms with Crippen LogP contribution in [0.25, 0.3) is 5.69 Å². The van der Waals surface area contributed by atoms with E-state index in [0.717, 1.165) is 50.5 Å². The van der Waals surface area contributed by atoms with Gasteiger partial charge in [-0.25, -0.2) is 4.98 Å². The van der Waals surface area contributed by atoms with Gasteiger partial charge in [0.15, 0.2) is 5.16 Å². The van der Waals surface area contributed by atoms with Gasteiger partial charge in [0.2, 0.25) is 0 Å². The molecule has 0 amide bonds. The van der Waals surface area contributed by atoms with Crippen LogP contribution in [0, 0.1) is 20.8 Å². The number of hydrogen-bond donors (Lipinski definition) is 0. The Morgan fingerprint density at radius 1 is 1.07 bits per heavy atom. The Balaban J connectivity index is 1.80. The van der Waals surface area contributed by atoms with Crippen LogP contribution in [0.15, 0.2) is 57.3 Å². The van der Waals surface area contributed by atoms with Crippen LogP contribution in [0.2, 0.25) is 0 Å². The molecular formula is C22H22N2OS2. The summed E-state index contributed by atoms with van der Waals surface area (Å²) in [5.74, 6) is 1.74. The average Bonchev–Trinajstić information content (AvgIpc) is 3.08. The molecule has 0 unspecified atom stereocenters. The van der Waals surface area contributed by atoms with Gasteiger partial charge in [-0.3, -0.25) is 9.36 Å². The number of aromatic nitrogens is 2. The lowest BCUT2D eigenvalue weighted by molar-refractivity contribution is 0.738. The van der Waals surface area contributed by atoms with Crippen molar-refractivity contribution in [1.29, 1.82) is 0 Å². The summed E-state index contributed by atoms with van der Waals surface area (Å²) in [7, 11) is 0. The molecule has 0 spiro atoms. The topological polar surface area (TPSA) is 34.9 Å². The fraction of sp³-hybridized carbons (Fsp3) is 0.273. The molecule has 0 bridgehead atoms. The van der Waals surface area contributed by atoms with E-state index in [1.165, 1.54) is 11.1 Å². The number of thioether (sulfide) groups is 2. The molecule has 0 N–H and O–H groups in total. The smallest absolute Gasteiger partial charge is 0.268 e. The van der Waals surface area contributed by atoms with E-state index in [1.807, 2.05) is 0 Å². The molecule has 2 aromatic carbocycles. The minimum Gasteiger partial charge on any atom is -0.268 e. The third-order valence-electron chi connectivity index (χ3n) is 4.58. The van der Waals surface area contributed by atoms with E-state index in [0.29, 0.717) is 0 Å². The zero-order valence-corrected chi connectivity index (χ0v) is 17.4. The maximum absolute atomic E-state index is 13.3. The van der Waals surface area contributed by atoms with Crippen LogP contribution in [0.5, 0.6) is 0 Å². The lowest BCUT2D eigenvalue weighted by atomic mass is 10.1. The van der Waals surface area contributed by atoms with Gasteiger partial charge in [0.25, 0.3) is 5.56 Å². The molecule has 0 radical (unpaired) electrons. The Kier molecular flexibility index (Phi) is 5.15. The predicted octanol–water partition coefficient (Wildman–Crippen LogP) is 5.10. The molecule has 0 atom stereocenters. The largest absolute Gasteiger partial charge is 0.272 e. The van der Waals surface area contributed by atoms with Gasteiger partial charge < -0.3 is 0 Å². The van der Waals surface area contributed by atoms with E-state index in [2.05, 4.69) is 63.2 Å². The molecule has 0 saturated carbocycles. The summed E-state index contributed by atoms with van der Waals surface area (Å²) in [6, 6.07) is 14.8. The maximum atomic E-state index is 13.3. The quantitative estimate of drug-likeness (QED) is 0.456. The van der Waals surface area contributed by atoms with Crippen LogP contribution in [0.1, 0.15) is 27.9 Å². The number of benzene rings is 2. The van der Waals surface area contributed by atoms with Gasteiger partial charge in [0, 0.05) is 17.9 Å². The van der Waals surface area contributed by atoms with Gasteiger partial charge in [-0.2, -0.15) is 0 Å². The first-order valence-electron chi connectivity index (χ1n) is 9.07. The average molecular weight is 395 g/mol. The molecule has 0 saturated heterocycles. The molecule has 3 nitrogen and oxygen atoms in total. The number of nitrogens with zero attached hydrogens (tertiary/aromatic N) is 2. The van der Waals surface area contributed by atoms with E-state index in [-0.39, 0.29) is 5.56 Å². The van der Waals surface area contributed by atoms with Crippen LogP contribution in [-0.4, -0.2) is 15.3 Å². The number of aryl methyl sites for hydroxylation is 4. The monoisotopic (exact) mass is 394 g/mol. The van der Waals surface area contributed by atoms with Crippen LogP contribution in [-0.2, 0) is 12.2 Å². The van der Waals surface area contributed by atoms with Crippen molar-refractivity contribution in [3.63, 3.8) is 0 Å². The van der Waals surface area contributed by atoms with Crippen LogP contribution in [0.3, 0.4) is 0 Å². The van der Waals surface area contributed by atoms with E-state index < -0.39 is 0 Å². The highest BCUT2D eigenvalue weighted by atomic mass is 32.2. The van der Waals surface area contributed by atoms with Gasteiger partial charge in [0.1, 0.15) is 0 Å². The van der Waals surface area contributed by atoms with Crippen molar-refractivity contribution >= 4 is 23.5 Å². The Hall–Kier alpha value is -1.98. The summed E-state index contributed by atoms with van der Waals surface area (Å²) in [4.78, 5) is 19.0. The predicted molar refractivity (Wildman–Crippen MR) is 114 cm³/mol. The summed E-state index contributed by atoms with van der Waals surface area (Å²) in [6.07, 6.45) is 0.876. The normalized spacial score (nSPS) is 13.0. The van der Waals surface area contributed by atoms with Gasteiger partial charge >= 0.3 is 0 Å². The standard InChI is InChI=1S/C22H22N2OS2/c1-14-5-4-6-17(10-14)13-27-22-23-19-7-8-26-20(19)21(25)24(22)18-11-15(2)9-16(3)12-18/h4-6,9-12H,7-8,13H2,1-3H3. The van der Waals surface area contributed by atoms with E-state index >= 15 is 0 Å². The fourth-order valence-corrected chi connectivity index (χ4v) is 5.44. The first-order valence-corrected chi connectivity index (χ1v) is 11.0. The molecule has 138 valence electrons. The third kappa shape index (κ3) is 3.85. The summed E-state index contributed by atoms with van der Waals surface area (Å²) < 4.78 is 1.80. The first kappa shape index (κ1) is 18.4. The van der Waals surface area contributed by atoms with Crippen molar-refractivity contribution in [1.82, 2.24) is 9.55 Å². The second kappa shape index (κ2) is 7.56. The van der Waals surface area contributed by atoms with Gasteiger partial charge in [-0.15, -0.1) is 11.8 Å². The lowest BCUT2D eigenvalue weighted by Gasteiger charge is -2.15. The van der Waals surface area contributed by atoms with Crippen molar-refractivity contribution in [3.8, 4) is 5.69 Å². The molecule has 2 heterocycles. The molecule has 0 aliphatic carbocycles. The summed E-state index contributed by atoms with van der Waals surface area (Å²) in [5, 5.41) is 0.785. The van der Waals surface area contributed by atoms with E-state index in [4.69, 9.17) is 4.98 Å². The van der Waals surface area contributed by atoms with Crippen molar-refractivity contribution in [2.75, 3.05) is 5.75 Å². The highest BCUT2D eigenvalue weighted by Crippen LogP contribution is 2.31. The van der Waals surface area contributed by atoms with Crippen molar-refractivity contribution in [3.05, 3.63) is 80.8 Å². The fourth-order valence-electron chi connectivity index (χ4n) is 3.45. The molecule has 1 aliphatic rings.